The zero-order valence-electron chi connectivity index (χ0n) is 10.2. The first kappa shape index (κ1) is 13.3. The van der Waals surface area contributed by atoms with Crippen LogP contribution in [0.2, 0.25) is 5.15 Å². The molecule has 94 valence electrons. The number of nitrogens with one attached hydrogen (secondary N) is 1. The predicted octanol–water partition coefficient (Wildman–Crippen LogP) is 4.12. The minimum absolute atomic E-state index is 0.501. The van der Waals surface area contributed by atoms with Crippen molar-refractivity contribution in [1.82, 2.24) is 9.97 Å². The van der Waals surface area contributed by atoms with E-state index < -0.39 is 0 Å². The second-order valence-electron chi connectivity index (χ2n) is 4.02. The lowest BCUT2D eigenvalue weighted by atomic mass is 10.2. The van der Waals surface area contributed by atoms with Crippen LogP contribution in [0.15, 0.2) is 28.7 Å². The fourth-order valence-electron chi connectivity index (χ4n) is 1.55. The molecule has 0 amide bonds. The summed E-state index contributed by atoms with van der Waals surface area (Å²) in [7, 11) is 0. The molecule has 0 atom stereocenters. The van der Waals surface area contributed by atoms with Crippen LogP contribution in [0.5, 0.6) is 0 Å². The van der Waals surface area contributed by atoms with Crippen molar-refractivity contribution in [2.45, 2.75) is 20.4 Å². The topological polar surface area (TPSA) is 37.8 Å². The molecule has 0 bridgehead atoms. The zero-order valence-corrected chi connectivity index (χ0v) is 12.5. The Bertz CT molecular complexity index is 555. The summed E-state index contributed by atoms with van der Waals surface area (Å²) in [6.45, 7) is 4.45. The summed E-state index contributed by atoms with van der Waals surface area (Å²) in [5.41, 5.74) is 2.06. The molecular weight excluding hydrogens is 314 g/mol. The number of hydrogen-bond acceptors (Lipinski definition) is 3. The summed E-state index contributed by atoms with van der Waals surface area (Å²) < 4.78 is 1.07. The van der Waals surface area contributed by atoms with E-state index in [-0.39, 0.29) is 0 Å². The summed E-state index contributed by atoms with van der Waals surface area (Å²) in [6.07, 6.45) is 0. The molecule has 0 aliphatic heterocycles. The predicted molar refractivity (Wildman–Crippen MR) is 78.0 cm³/mol. The average molecular weight is 327 g/mol. The highest BCUT2D eigenvalue weighted by Crippen LogP contribution is 2.20. The van der Waals surface area contributed by atoms with Crippen LogP contribution in [0, 0.1) is 13.8 Å². The summed E-state index contributed by atoms with van der Waals surface area (Å²) >= 11 is 9.44. The Morgan fingerprint density at radius 1 is 1.17 bits per heavy atom. The molecule has 0 spiro atoms. The van der Waals surface area contributed by atoms with Gasteiger partial charge in [-0.2, -0.15) is 0 Å². The van der Waals surface area contributed by atoms with Crippen LogP contribution < -0.4 is 5.32 Å². The molecule has 0 unspecified atom stereocenters. The van der Waals surface area contributed by atoms with Crippen LogP contribution in [0.3, 0.4) is 0 Å². The van der Waals surface area contributed by atoms with Crippen LogP contribution in [-0.2, 0) is 6.54 Å². The van der Waals surface area contributed by atoms with Crippen molar-refractivity contribution in [2.24, 2.45) is 0 Å². The second-order valence-corrected chi connectivity index (χ2v) is 5.29. The molecule has 2 aromatic rings. The van der Waals surface area contributed by atoms with E-state index in [1.807, 2.05) is 26.0 Å². The Labute approximate surface area is 120 Å². The van der Waals surface area contributed by atoms with Crippen molar-refractivity contribution in [1.29, 1.82) is 0 Å². The Morgan fingerprint density at radius 3 is 2.50 bits per heavy atom. The lowest BCUT2D eigenvalue weighted by Gasteiger charge is -2.10. The van der Waals surface area contributed by atoms with Crippen molar-refractivity contribution >= 4 is 33.3 Å². The summed E-state index contributed by atoms with van der Waals surface area (Å²) in [5.74, 6) is 1.46. The maximum absolute atomic E-state index is 6.02. The summed E-state index contributed by atoms with van der Waals surface area (Å²) in [5, 5.41) is 3.78. The quantitative estimate of drug-likeness (QED) is 0.862. The van der Waals surface area contributed by atoms with E-state index in [1.165, 1.54) is 5.56 Å². The molecule has 1 N–H and O–H groups in total. The Kier molecular flexibility index (Phi) is 4.19. The molecule has 0 saturated carbocycles. The normalized spacial score (nSPS) is 10.4. The van der Waals surface area contributed by atoms with Crippen molar-refractivity contribution in [3.63, 3.8) is 0 Å². The van der Waals surface area contributed by atoms with Crippen LogP contribution in [0.25, 0.3) is 0 Å². The second kappa shape index (κ2) is 5.67. The van der Waals surface area contributed by atoms with E-state index in [1.54, 1.807) is 0 Å². The number of benzene rings is 1. The van der Waals surface area contributed by atoms with Gasteiger partial charge in [0.25, 0.3) is 0 Å². The van der Waals surface area contributed by atoms with E-state index in [2.05, 4.69) is 43.3 Å². The van der Waals surface area contributed by atoms with Gasteiger partial charge in [0.15, 0.2) is 0 Å². The van der Waals surface area contributed by atoms with E-state index in [0.29, 0.717) is 17.5 Å². The number of nitrogens with zero attached hydrogens (tertiary/aromatic N) is 2. The number of halogens is 2. The lowest BCUT2D eigenvalue weighted by Crippen LogP contribution is -2.05. The molecule has 0 aliphatic carbocycles. The first-order valence-corrected chi connectivity index (χ1v) is 6.72. The van der Waals surface area contributed by atoms with Gasteiger partial charge in [0.05, 0.1) is 0 Å². The van der Waals surface area contributed by atoms with E-state index in [4.69, 9.17) is 11.6 Å². The van der Waals surface area contributed by atoms with Gasteiger partial charge >= 0.3 is 0 Å². The summed E-state index contributed by atoms with van der Waals surface area (Å²) in [6, 6.07) is 8.15. The monoisotopic (exact) mass is 325 g/mol. The van der Waals surface area contributed by atoms with Gasteiger partial charge in [-0.15, -0.1) is 0 Å². The Hall–Kier alpha value is -1.13. The van der Waals surface area contributed by atoms with Gasteiger partial charge in [-0.25, -0.2) is 9.97 Å². The molecule has 2 rings (SSSR count). The molecule has 1 aromatic carbocycles. The molecular formula is C13H13BrClN3. The molecule has 0 aliphatic rings. The third-order valence-corrected chi connectivity index (χ3v) is 3.47. The lowest BCUT2D eigenvalue weighted by molar-refractivity contribution is 1.00. The molecule has 0 fully saturated rings. The fraction of sp³-hybridized carbons (Fsp3) is 0.231. The number of hydrogen-bond donors (Lipinski definition) is 1. The maximum atomic E-state index is 6.02. The van der Waals surface area contributed by atoms with Crippen molar-refractivity contribution in [3.05, 3.63) is 50.8 Å². The van der Waals surface area contributed by atoms with Gasteiger partial charge in [0, 0.05) is 16.6 Å². The molecule has 0 saturated heterocycles. The first-order chi connectivity index (χ1) is 8.56. The van der Waals surface area contributed by atoms with Gasteiger partial charge in [-0.05, 0) is 31.5 Å². The highest BCUT2D eigenvalue weighted by molar-refractivity contribution is 9.10. The molecule has 0 radical (unpaired) electrons. The third kappa shape index (κ3) is 3.21. The SMILES string of the molecule is Cc1nc(Cl)c(C)c(NCc2ccc(Br)cc2)n1. The van der Waals surface area contributed by atoms with Crippen LogP contribution in [-0.4, -0.2) is 9.97 Å². The molecule has 1 aromatic heterocycles. The number of rotatable bonds is 3. The largest absolute Gasteiger partial charge is 0.366 e. The Balaban J connectivity index is 2.13. The minimum Gasteiger partial charge on any atom is -0.366 e. The highest BCUT2D eigenvalue weighted by atomic mass is 79.9. The third-order valence-electron chi connectivity index (χ3n) is 2.57. The van der Waals surface area contributed by atoms with Gasteiger partial charge in [-0.1, -0.05) is 39.7 Å². The van der Waals surface area contributed by atoms with Crippen molar-refractivity contribution in [3.8, 4) is 0 Å². The van der Waals surface area contributed by atoms with Crippen LogP contribution >= 0.6 is 27.5 Å². The van der Waals surface area contributed by atoms with E-state index in [0.717, 1.165) is 15.9 Å². The maximum Gasteiger partial charge on any atom is 0.137 e. The van der Waals surface area contributed by atoms with E-state index in [9.17, 15) is 0 Å². The molecule has 5 heteroatoms. The van der Waals surface area contributed by atoms with Crippen LogP contribution in [0.1, 0.15) is 17.0 Å². The van der Waals surface area contributed by atoms with Crippen molar-refractivity contribution < 1.29 is 0 Å². The van der Waals surface area contributed by atoms with Crippen LogP contribution in [0.4, 0.5) is 5.82 Å². The van der Waals surface area contributed by atoms with Gasteiger partial charge < -0.3 is 5.32 Å². The highest BCUT2D eigenvalue weighted by Gasteiger charge is 2.06. The minimum atomic E-state index is 0.501. The van der Waals surface area contributed by atoms with Gasteiger partial charge in [-0.3, -0.25) is 0 Å². The molecule has 18 heavy (non-hydrogen) atoms. The Morgan fingerprint density at radius 2 is 1.83 bits per heavy atom. The zero-order chi connectivity index (χ0) is 13.1. The number of anilines is 1. The van der Waals surface area contributed by atoms with Gasteiger partial charge in [0.2, 0.25) is 0 Å². The first-order valence-electron chi connectivity index (χ1n) is 5.55. The van der Waals surface area contributed by atoms with E-state index >= 15 is 0 Å². The molecule has 3 nitrogen and oxygen atoms in total. The smallest absolute Gasteiger partial charge is 0.137 e. The van der Waals surface area contributed by atoms with Crippen molar-refractivity contribution in [2.75, 3.05) is 5.32 Å². The molecule has 1 heterocycles. The number of aryl methyl sites for hydroxylation is 1. The average Bonchev–Trinajstić information content (AvgIpc) is 2.34. The fourth-order valence-corrected chi connectivity index (χ4v) is 2.03. The number of aromatic nitrogens is 2. The summed E-state index contributed by atoms with van der Waals surface area (Å²) in [4.78, 5) is 8.46. The van der Waals surface area contributed by atoms with Gasteiger partial charge in [0.1, 0.15) is 16.8 Å². The standard InChI is InChI=1S/C13H13BrClN3/c1-8-12(15)17-9(2)18-13(8)16-7-10-3-5-11(14)6-4-10/h3-6H,7H2,1-2H3,(H,16,17,18).